The highest BCUT2D eigenvalue weighted by Gasteiger charge is 2.36. The zero-order chi connectivity index (χ0) is 12.3. The van der Waals surface area contributed by atoms with Crippen LogP contribution in [0.15, 0.2) is 0 Å². The third kappa shape index (κ3) is 3.69. The molecule has 1 aliphatic heterocycles. The van der Waals surface area contributed by atoms with Crippen LogP contribution in [0, 0.1) is 11.3 Å². The highest BCUT2D eigenvalue weighted by Crippen LogP contribution is 2.36. The van der Waals surface area contributed by atoms with E-state index < -0.39 is 0 Å². The molecule has 0 radical (unpaired) electrons. The second-order valence-corrected chi connectivity index (χ2v) is 6.73. The molecule has 0 amide bonds. The SMILES string of the molecule is CCCN(CC(C)(C)C1CCCNC1)C1CC1. The van der Waals surface area contributed by atoms with Crippen molar-refractivity contribution in [3.63, 3.8) is 0 Å². The van der Waals surface area contributed by atoms with Gasteiger partial charge < -0.3 is 5.32 Å². The molecule has 2 fully saturated rings. The molecule has 100 valence electrons. The van der Waals surface area contributed by atoms with E-state index in [2.05, 4.69) is 31.0 Å². The second-order valence-electron chi connectivity index (χ2n) is 6.73. The molecule has 1 atom stereocenters. The Balaban J connectivity index is 1.88. The first-order valence-electron chi connectivity index (χ1n) is 7.58. The van der Waals surface area contributed by atoms with E-state index in [4.69, 9.17) is 0 Å². The number of nitrogens with one attached hydrogen (secondary N) is 1. The lowest BCUT2D eigenvalue weighted by atomic mass is 9.74. The van der Waals surface area contributed by atoms with Crippen molar-refractivity contribution in [1.29, 1.82) is 0 Å². The van der Waals surface area contributed by atoms with Crippen LogP contribution in [0.2, 0.25) is 0 Å². The third-order valence-corrected chi connectivity index (χ3v) is 4.59. The van der Waals surface area contributed by atoms with E-state index in [0.717, 1.165) is 12.0 Å². The Kier molecular flexibility index (Phi) is 4.48. The van der Waals surface area contributed by atoms with E-state index in [-0.39, 0.29) is 0 Å². The molecule has 0 aromatic carbocycles. The molecule has 0 aromatic heterocycles. The summed E-state index contributed by atoms with van der Waals surface area (Å²) in [6.45, 7) is 12.3. The first-order chi connectivity index (χ1) is 8.13. The summed E-state index contributed by atoms with van der Waals surface area (Å²) in [7, 11) is 0. The van der Waals surface area contributed by atoms with E-state index in [1.807, 2.05) is 0 Å². The summed E-state index contributed by atoms with van der Waals surface area (Å²) in [4.78, 5) is 2.76. The standard InChI is InChI=1S/C15H30N2/c1-4-10-17(14-7-8-14)12-15(2,3)13-6-5-9-16-11-13/h13-14,16H,4-12H2,1-3H3. The van der Waals surface area contributed by atoms with Crippen molar-refractivity contribution in [2.24, 2.45) is 11.3 Å². The average molecular weight is 238 g/mol. The van der Waals surface area contributed by atoms with Crippen LogP contribution in [-0.4, -0.2) is 37.1 Å². The highest BCUT2D eigenvalue weighted by atomic mass is 15.2. The van der Waals surface area contributed by atoms with Crippen LogP contribution in [0.5, 0.6) is 0 Å². The lowest BCUT2D eigenvalue weighted by Crippen LogP contribution is -2.45. The number of piperidine rings is 1. The predicted octanol–water partition coefficient (Wildman–Crippen LogP) is 2.89. The van der Waals surface area contributed by atoms with Gasteiger partial charge in [-0.2, -0.15) is 0 Å². The molecule has 2 rings (SSSR count). The topological polar surface area (TPSA) is 15.3 Å². The fraction of sp³-hybridized carbons (Fsp3) is 1.00. The molecule has 17 heavy (non-hydrogen) atoms. The summed E-state index contributed by atoms with van der Waals surface area (Å²) in [5.74, 6) is 0.870. The molecular weight excluding hydrogens is 208 g/mol. The maximum atomic E-state index is 3.57. The molecular formula is C15H30N2. The van der Waals surface area contributed by atoms with Crippen LogP contribution in [0.3, 0.4) is 0 Å². The number of nitrogens with zero attached hydrogens (tertiary/aromatic N) is 1. The summed E-state index contributed by atoms with van der Waals surface area (Å²) in [6, 6.07) is 0.922. The van der Waals surface area contributed by atoms with Gasteiger partial charge in [0.15, 0.2) is 0 Å². The maximum absolute atomic E-state index is 3.57. The summed E-state index contributed by atoms with van der Waals surface area (Å²) in [5.41, 5.74) is 0.477. The zero-order valence-electron chi connectivity index (χ0n) is 12.0. The lowest BCUT2D eigenvalue weighted by Gasteiger charge is -2.41. The van der Waals surface area contributed by atoms with E-state index in [0.29, 0.717) is 5.41 Å². The van der Waals surface area contributed by atoms with Gasteiger partial charge in [-0.25, -0.2) is 0 Å². The van der Waals surface area contributed by atoms with Crippen LogP contribution < -0.4 is 5.32 Å². The Hall–Kier alpha value is -0.0800. The number of rotatable bonds is 6. The number of hydrogen-bond acceptors (Lipinski definition) is 2. The fourth-order valence-electron chi connectivity index (χ4n) is 3.29. The van der Waals surface area contributed by atoms with Crippen molar-refractivity contribution in [3.8, 4) is 0 Å². The van der Waals surface area contributed by atoms with Gasteiger partial charge in [0, 0.05) is 12.6 Å². The van der Waals surface area contributed by atoms with Gasteiger partial charge in [0.1, 0.15) is 0 Å². The molecule has 0 aromatic rings. The van der Waals surface area contributed by atoms with Gasteiger partial charge in [0.25, 0.3) is 0 Å². The fourth-order valence-corrected chi connectivity index (χ4v) is 3.29. The van der Waals surface area contributed by atoms with Crippen LogP contribution in [0.1, 0.15) is 52.9 Å². The van der Waals surface area contributed by atoms with Crippen LogP contribution in [0.25, 0.3) is 0 Å². The molecule has 2 heteroatoms. The average Bonchev–Trinajstić information content (AvgIpc) is 3.13. The van der Waals surface area contributed by atoms with Gasteiger partial charge in [-0.15, -0.1) is 0 Å². The van der Waals surface area contributed by atoms with Gasteiger partial charge in [-0.1, -0.05) is 20.8 Å². The van der Waals surface area contributed by atoms with Crippen molar-refractivity contribution in [2.75, 3.05) is 26.2 Å². The van der Waals surface area contributed by atoms with Gasteiger partial charge in [0.2, 0.25) is 0 Å². The Morgan fingerprint density at radius 2 is 2.00 bits per heavy atom. The highest BCUT2D eigenvalue weighted by molar-refractivity contribution is 4.91. The molecule has 0 bridgehead atoms. The Labute approximate surface area is 107 Å². The monoisotopic (exact) mass is 238 g/mol. The van der Waals surface area contributed by atoms with E-state index in [1.165, 1.54) is 58.3 Å². The second kappa shape index (κ2) is 5.71. The summed E-state index contributed by atoms with van der Waals surface area (Å²) in [5, 5.41) is 3.57. The minimum Gasteiger partial charge on any atom is -0.316 e. The van der Waals surface area contributed by atoms with Gasteiger partial charge in [-0.3, -0.25) is 4.90 Å². The van der Waals surface area contributed by atoms with Gasteiger partial charge >= 0.3 is 0 Å². The first kappa shape index (κ1) is 13.4. The first-order valence-corrected chi connectivity index (χ1v) is 7.58. The zero-order valence-corrected chi connectivity index (χ0v) is 12.0. The van der Waals surface area contributed by atoms with Crippen LogP contribution >= 0.6 is 0 Å². The molecule has 2 nitrogen and oxygen atoms in total. The van der Waals surface area contributed by atoms with Crippen molar-refractivity contribution >= 4 is 0 Å². The normalized spacial score (nSPS) is 26.5. The van der Waals surface area contributed by atoms with Crippen molar-refractivity contribution < 1.29 is 0 Å². The molecule has 1 aliphatic carbocycles. The molecule has 1 unspecified atom stereocenters. The van der Waals surface area contributed by atoms with Crippen molar-refractivity contribution in [2.45, 2.75) is 58.9 Å². The van der Waals surface area contributed by atoms with Gasteiger partial charge in [-0.05, 0) is 63.1 Å². The van der Waals surface area contributed by atoms with E-state index >= 15 is 0 Å². The molecule has 1 saturated carbocycles. The largest absolute Gasteiger partial charge is 0.316 e. The summed E-state index contributed by atoms with van der Waals surface area (Å²) >= 11 is 0. The van der Waals surface area contributed by atoms with Crippen molar-refractivity contribution in [1.82, 2.24) is 10.2 Å². The quantitative estimate of drug-likeness (QED) is 0.765. The Bertz CT molecular complexity index is 227. The summed E-state index contributed by atoms with van der Waals surface area (Å²) < 4.78 is 0. The van der Waals surface area contributed by atoms with E-state index in [1.54, 1.807) is 0 Å². The molecule has 2 aliphatic rings. The third-order valence-electron chi connectivity index (χ3n) is 4.59. The number of hydrogen-bond donors (Lipinski definition) is 1. The Morgan fingerprint density at radius 3 is 2.53 bits per heavy atom. The van der Waals surface area contributed by atoms with Crippen LogP contribution in [-0.2, 0) is 0 Å². The lowest BCUT2D eigenvalue weighted by molar-refractivity contribution is 0.0956. The minimum absolute atomic E-state index is 0.477. The van der Waals surface area contributed by atoms with Gasteiger partial charge in [0.05, 0.1) is 0 Å². The molecule has 1 N–H and O–H groups in total. The molecule has 1 saturated heterocycles. The molecule has 0 spiro atoms. The Morgan fingerprint density at radius 1 is 1.24 bits per heavy atom. The van der Waals surface area contributed by atoms with E-state index in [9.17, 15) is 0 Å². The summed E-state index contributed by atoms with van der Waals surface area (Å²) in [6.07, 6.45) is 6.98. The predicted molar refractivity (Wildman–Crippen MR) is 74.3 cm³/mol. The smallest absolute Gasteiger partial charge is 0.00966 e. The maximum Gasteiger partial charge on any atom is 0.00966 e. The molecule has 1 heterocycles. The van der Waals surface area contributed by atoms with Crippen LogP contribution in [0.4, 0.5) is 0 Å². The van der Waals surface area contributed by atoms with Crippen molar-refractivity contribution in [3.05, 3.63) is 0 Å². The minimum atomic E-state index is 0.477.